The molecule has 0 unspecified atom stereocenters. The molecular formula is C37H42N2O4. The molecule has 0 aliphatic rings. The van der Waals surface area contributed by atoms with Crippen molar-refractivity contribution in [3.05, 3.63) is 129 Å². The van der Waals surface area contributed by atoms with Gasteiger partial charge < -0.3 is 20.1 Å². The minimum Gasteiger partial charge on any atom is -0.410 e. The SMILES string of the molecule is CCCNC(=O)Oc1c(C)cc(C(c2ccccc2)(c2ccccc2)c2cc(C)c(OC(=O)NCCC)c(C)c2)cc1C. The van der Waals surface area contributed by atoms with Crippen LogP contribution in [0.15, 0.2) is 84.9 Å². The third-order valence-electron chi connectivity index (χ3n) is 7.63. The molecule has 0 saturated carbocycles. The first kappa shape index (κ1) is 31.4. The Labute approximate surface area is 255 Å². The fraction of sp³-hybridized carbons (Fsp3) is 0.297. The van der Waals surface area contributed by atoms with Crippen LogP contribution in [0, 0.1) is 27.7 Å². The van der Waals surface area contributed by atoms with Crippen molar-refractivity contribution in [2.45, 2.75) is 59.8 Å². The first-order valence-electron chi connectivity index (χ1n) is 15.0. The largest absolute Gasteiger partial charge is 0.412 e. The van der Waals surface area contributed by atoms with Gasteiger partial charge in [0.1, 0.15) is 11.5 Å². The minimum absolute atomic E-state index is 0.456. The molecule has 0 aliphatic heterocycles. The van der Waals surface area contributed by atoms with E-state index in [0.717, 1.165) is 57.3 Å². The molecule has 0 aliphatic carbocycles. The van der Waals surface area contributed by atoms with Gasteiger partial charge in [0.15, 0.2) is 0 Å². The fourth-order valence-electron chi connectivity index (χ4n) is 5.74. The summed E-state index contributed by atoms with van der Waals surface area (Å²) in [5, 5.41) is 5.60. The molecule has 6 nitrogen and oxygen atoms in total. The van der Waals surface area contributed by atoms with Gasteiger partial charge in [-0.05, 0) is 85.0 Å². The second kappa shape index (κ2) is 14.1. The molecule has 0 radical (unpaired) electrons. The molecule has 4 rings (SSSR count). The molecule has 0 fully saturated rings. The van der Waals surface area contributed by atoms with Crippen LogP contribution in [0.2, 0.25) is 0 Å². The van der Waals surface area contributed by atoms with Crippen LogP contribution in [0.1, 0.15) is 71.2 Å². The predicted octanol–water partition coefficient (Wildman–Crippen LogP) is 8.30. The molecular weight excluding hydrogens is 536 g/mol. The van der Waals surface area contributed by atoms with E-state index in [-0.39, 0.29) is 0 Å². The number of carbonyl (C=O) groups is 2. The zero-order valence-corrected chi connectivity index (χ0v) is 26.0. The fourth-order valence-corrected chi connectivity index (χ4v) is 5.74. The lowest BCUT2D eigenvalue weighted by Crippen LogP contribution is -2.32. The van der Waals surface area contributed by atoms with Gasteiger partial charge in [-0.2, -0.15) is 0 Å². The number of hydrogen-bond acceptors (Lipinski definition) is 4. The molecule has 0 bridgehead atoms. The first-order chi connectivity index (χ1) is 20.7. The lowest BCUT2D eigenvalue weighted by Gasteiger charge is -2.38. The van der Waals surface area contributed by atoms with Crippen molar-refractivity contribution in [1.82, 2.24) is 10.6 Å². The van der Waals surface area contributed by atoms with Crippen LogP contribution in [0.3, 0.4) is 0 Å². The van der Waals surface area contributed by atoms with Crippen LogP contribution in [0.4, 0.5) is 9.59 Å². The van der Waals surface area contributed by atoms with Crippen molar-refractivity contribution in [3.8, 4) is 11.5 Å². The second-order valence-corrected chi connectivity index (χ2v) is 11.0. The number of amides is 2. The van der Waals surface area contributed by atoms with Gasteiger partial charge in [0.2, 0.25) is 0 Å². The summed E-state index contributed by atoms with van der Waals surface area (Å²) in [4.78, 5) is 25.0. The zero-order valence-electron chi connectivity index (χ0n) is 26.0. The molecule has 0 aromatic heterocycles. The van der Waals surface area contributed by atoms with Gasteiger partial charge in [0.05, 0.1) is 5.41 Å². The second-order valence-electron chi connectivity index (χ2n) is 11.0. The van der Waals surface area contributed by atoms with Gasteiger partial charge in [0, 0.05) is 13.1 Å². The van der Waals surface area contributed by atoms with Crippen LogP contribution in [-0.4, -0.2) is 25.3 Å². The molecule has 0 spiro atoms. The third-order valence-corrected chi connectivity index (χ3v) is 7.63. The highest BCUT2D eigenvalue weighted by atomic mass is 16.6. The van der Waals surface area contributed by atoms with Gasteiger partial charge in [0.25, 0.3) is 0 Å². The van der Waals surface area contributed by atoms with Crippen molar-refractivity contribution in [3.63, 3.8) is 0 Å². The van der Waals surface area contributed by atoms with Crippen molar-refractivity contribution in [1.29, 1.82) is 0 Å². The van der Waals surface area contributed by atoms with Crippen LogP contribution in [0.25, 0.3) is 0 Å². The van der Waals surface area contributed by atoms with E-state index in [1.807, 2.05) is 53.7 Å². The normalized spacial score (nSPS) is 11.1. The predicted molar refractivity (Wildman–Crippen MR) is 172 cm³/mol. The van der Waals surface area contributed by atoms with Crippen LogP contribution in [0.5, 0.6) is 11.5 Å². The monoisotopic (exact) mass is 578 g/mol. The number of carbonyl (C=O) groups excluding carboxylic acids is 2. The van der Waals surface area contributed by atoms with E-state index in [0.29, 0.717) is 24.6 Å². The summed E-state index contributed by atoms with van der Waals surface area (Å²) < 4.78 is 11.6. The summed E-state index contributed by atoms with van der Waals surface area (Å²) >= 11 is 0. The Bertz CT molecular complexity index is 1400. The maximum absolute atomic E-state index is 12.5. The summed E-state index contributed by atoms with van der Waals surface area (Å²) in [6.07, 6.45) is 0.745. The zero-order chi connectivity index (χ0) is 31.0. The van der Waals surface area contributed by atoms with Gasteiger partial charge in [-0.3, -0.25) is 0 Å². The number of benzene rings is 4. The molecule has 43 heavy (non-hydrogen) atoms. The molecule has 6 heteroatoms. The van der Waals surface area contributed by atoms with Gasteiger partial charge in [-0.1, -0.05) is 98.8 Å². The van der Waals surface area contributed by atoms with Gasteiger partial charge in [-0.15, -0.1) is 0 Å². The number of ether oxygens (including phenoxy) is 2. The van der Waals surface area contributed by atoms with Crippen molar-refractivity contribution in [2.75, 3.05) is 13.1 Å². The molecule has 2 amide bonds. The Balaban J connectivity index is 1.97. The highest BCUT2D eigenvalue weighted by molar-refractivity contribution is 5.73. The standard InChI is InChI=1S/C37H42N2O4/c1-7-19-38-35(40)42-33-25(3)21-31(22-26(33)4)37(29-15-11-9-12-16-29,30-17-13-10-14-18-30)32-23-27(5)34(28(6)24-32)43-36(41)39-20-8-2/h9-18,21-24H,7-8,19-20H2,1-6H3,(H,38,40)(H,39,41). The average molecular weight is 579 g/mol. The molecule has 4 aromatic rings. The van der Waals surface area contributed by atoms with E-state index in [2.05, 4.69) is 83.4 Å². The molecule has 0 atom stereocenters. The Morgan fingerprint density at radius 3 is 1.19 bits per heavy atom. The Morgan fingerprint density at radius 1 is 0.558 bits per heavy atom. The van der Waals surface area contributed by atoms with Gasteiger partial charge >= 0.3 is 12.2 Å². The summed E-state index contributed by atoms with van der Waals surface area (Å²) in [5.74, 6) is 1.11. The quantitative estimate of drug-likeness (QED) is 0.186. The smallest absolute Gasteiger partial charge is 0.410 e. The number of aryl methyl sites for hydroxylation is 4. The van der Waals surface area contributed by atoms with E-state index >= 15 is 0 Å². The summed E-state index contributed by atoms with van der Waals surface area (Å²) in [5.41, 5.74) is 6.96. The summed E-state index contributed by atoms with van der Waals surface area (Å²) in [7, 11) is 0. The molecule has 224 valence electrons. The van der Waals surface area contributed by atoms with E-state index < -0.39 is 17.6 Å². The molecule has 0 saturated heterocycles. The maximum Gasteiger partial charge on any atom is 0.412 e. The third kappa shape index (κ3) is 6.75. The Morgan fingerprint density at radius 2 is 0.884 bits per heavy atom. The first-order valence-corrected chi connectivity index (χ1v) is 15.0. The Hall–Kier alpha value is -4.58. The molecule has 0 heterocycles. The summed E-state index contributed by atoms with van der Waals surface area (Å²) in [6.45, 7) is 13.0. The van der Waals surface area contributed by atoms with Crippen molar-refractivity contribution < 1.29 is 19.1 Å². The van der Waals surface area contributed by atoms with Crippen LogP contribution < -0.4 is 20.1 Å². The highest BCUT2D eigenvalue weighted by Gasteiger charge is 2.39. The minimum atomic E-state index is -0.723. The topological polar surface area (TPSA) is 76.7 Å². The van der Waals surface area contributed by atoms with E-state index in [9.17, 15) is 9.59 Å². The van der Waals surface area contributed by atoms with Crippen LogP contribution >= 0.6 is 0 Å². The number of hydrogen-bond donors (Lipinski definition) is 2. The number of nitrogens with one attached hydrogen (secondary N) is 2. The van der Waals surface area contributed by atoms with Crippen molar-refractivity contribution >= 4 is 12.2 Å². The lowest BCUT2D eigenvalue weighted by molar-refractivity contribution is 0.199. The van der Waals surface area contributed by atoms with E-state index in [4.69, 9.17) is 9.47 Å². The van der Waals surface area contributed by atoms with Crippen LogP contribution in [-0.2, 0) is 5.41 Å². The van der Waals surface area contributed by atoms with E-state index in [1.54, 1.807) is 0 Å². The van der Waals surface area contributed by atoms with Crippen molar-refractivity contribution in [2.24, 2.45) is 0 Å². The Kier molecular flexibility index (Phi) is 10.3. The average Bonchev–Trinajstić information content (AvgIpc) is 3.00. The lowest BCUT2D eigenvalue weighted by atomic mass is 9.64. The summed E-state index contributed by atoms with van der Waals surface area (Å²) in [6, 6.07) is 29.3. The molecule has 2 N–H and O–H groups in total. The maximum atomic E-state index is 12.5. The number of rotatable bonds is 10. The highest BCUT2D eigenvalue weighted by Crippen LogP contribution is 2.48. The van der Waals surface area contributed by atoms with Gasteiger partial charge in [-0.25, -0.2) is 9.59 Å². The van der Waals surface area contributed by atoms with E-state index in [1.165, 1.54) is 0 Å². The molecule has 4 aromatic carbocycles.